The molecule has 0 unspecified atom stereocenters. The van der Waals surface area contributed by atoms with E-state index in [0.29, 0.717) is 6.54 Å². The van der Waals surface area contributed by atoms with E-state index >= 15 is 0 Å². The zero-order chi connectivity index (χ0) is 10.6. The molecule has 1 aromatic rings. The van der Waals surface area contributed by atoms with Gasteiger partial charge in [-0.2, -0.15) is 0 Å². The third-order valence-electron chi connectivity index (χ3n) is 1.82. The topological polar surface area (TPSA) is 3.24 Å². The Bertz CT molecular complexity index is 355. The highest BCUT2D eigenvalue weighted by Gasteiger charge is 2.03. The van der Waals surface area contributed by atoms with Crippen LogP contribution in [0.5, 0.6) is 0 Å². The summed E-state index contributed by atoms with van der Waals surface area (Å²) in [6, 6.07) is 6.16. The van der Waals surface area contributed by atoms with Crippen LogP contribution in [0.3, 0.4) is 0 Å². The summed E-state index contributed by atoms with van der Waals surface area (Å²) in [5.41, 5.74) is 1.24. The Labute approximate surface area is 102 Å². The van der Waals surface area contributed by atoms with Crippen molar-refractivity contribution in [2.45, 2.75) is 6.54 Å². The number of hydrogen-bond donors (Lipinski definition) is 0. The van der Waals surface area contributed by atoms with Gasteiger partial charge in [-0.05, 0) is 24.7 Å². The number of rotatable bonds is 3. The van der Waals surface area contributed by atoms with Crippen molar-refractivity contribution in [2.24, 2.45) is 0 Å². The maximum absolute atomic E-state index is 5.23. The van der Waals surface area contributed by atoms with E-state index in [1.54, 1.807) is 0 Å². The Balaban J connectivity index is 2.73. The minimum absolute atomic E-state index is 0.669. The quantitative estimate of drug-likeness (QED) is 0.774. The average molecular weight is 317 g/mol. The molecule has 0 radical (unpaired) electrons. The fourth-order valence-corrected chi connectivity index (χ4v) is 2.32. The first-order chi connectivity index (χ1) is 6.63. The van der Waals surface area contributed by atoms with Crippen LogP contribution in [0, 0.1) is 12.3 Å². The van der Waals surface area contributed by atoms with Gasteiger partial charge in [0.1, 0.15) is 0 Å². The van der Waals surface area contributed by atoms with Crippen LogP contribution >= 0.6 is 31.9 Å². The molecule has 1 aromatic carbocycles. The standard InChI is InChI=1S/C11H11Br2N/c1-3-6-14(2)8-9-4-5-10(12)7-11(9)13/h1,4-5,7H,6,8H2,2H3. The van der Waals surface area contributed by atoms with Crippen LogP contribution in [-0.2, 0) is 6.54 Å². The lowest BCUT2D eigenvalue weighted by Gasteiger charge is -2.14. The molecule has 0 aromatic heterocycles. The monoisotopic (exact) mass is 315 g/mol. The highest BCUT2D eigenvalue weighted by atomic mass is 79.9. The van der Waals surface area contributed by atoms with E-state index in [1.807, 2.05) is 19.2 Å². The Morgan fingerprint density at radius 2 is 2.14 bits per heavy atom. The van der Waals surface area contributed by atoms with Crippen molar-refractivity contribution < 1.29 is 0 Å². The van der Waals surface area contributed by atoms with Crippen LogP contribution in [0.2, 0.25) is 0 Å². The fourth-order valence-electron chi connectivity index (χ4n) is 1.15. The number of halogens is 2. The second kappa shape index (κ2) is 5.55. The SMILES string of the molecule is C#CCN(C)Cc1ccc(Br)cc1Br. The smallest absolute Gasteiger partial charge is 0.0599 e. The van der Waals surface area contributed by atoms with Gasteiger partial charge in [-0.15, -0.1) is 6.42 Å². The summed E-state index contributed by atoms with van der Waals surface area (Å²) < 4.78 is 2.18. The summed E-state index contributed by atoms with van der Waals surface area (Å²) in [5.74, 6) is 2.62. The van der Waals surface area contributed by atoms with Crippen molar-refractivity contribution in [3.8, 4) is 12.3 Å². The highest BCUT2D eigenvalue weighted by molar-refractivity contribution is 9.11. The van der Waals surface area contributed by atoms with Gasteiger partial charge in [0.15, 0.2) is 0 Å². The molecule has 0 amide bonds. The van der Waals surface area contributed by atoms with Gasteiger partial charge in [0.2, 0.25) is 0 Å². The molecule has 0 fully saturated rings. The van der Waals surface area contributed by atoms with E-state index in [0.717, 1.165) is 15.5 Å². The van der Waals surface area contributed by atoms with Gasteiger partial charge in [0, 0.05) is 15.5 Å². The molecule has 3 heteroatoms. The minimum Gasteiger partial charge on any atom is -0.291 e. The lowest BCUT2D eigenvalue weighted by atomic mass is 10.2. The summed E-state index contributed by atoms with van der Waals surface area (Å²) in [6.07, 6.45) is 5.23. The summed E-state index contributed by atoms with van der Waals surface area (Å²) in [4.78, 5) is 2.09. The van der Waals surface area contributed by atoms with E-state index in [-0.39, 0.29) is 0 Å². The summed E-state index contributed by atoms with van der Waals surface area (Å²) in [7, 11) is 2.01. The molecular formula is C11H11Br2N. The third-order valence-corrected chi connectivity index (χ3v) is 3.05. The van der Waals surface area contributed by atoms with Crippen molar-refractivity contribution in [2.75, 3.05) is 13.6 Å². The second-order valence-electron chi connectivity index (χ2n) is 3.11. The van der Waals surface area contributed by atoms with Crippen LogP contribution in [0.25, 0.3) is 0 Å². The van der Waals surface area contributed by atoms with Gasteiger partial charge in [-0.3, -0.25) is 4.90 Å². The number of terminal acetylenes is 1. The van der Waals surface area contributed by atoms with Gasteiger partial charge in [-0.25, -0.2) is 0 Å². The average Bonchev–Trinajstić information content (AvgIpc) is 2.10. The van der Waals surface area contributed by atoms with Gasteiger partial charge in [-0.1, -0.05) is 43.8 Å². The Morgan fingerprint density at radius 1 is 1.43 bits per heavy atom. The molecule has 0 aliphatic carbocycles. The van der Waals surface area contributed by atoms with Crippen molar-refractivity contribution in [3.63, 3.8) is 0 Å². The molecule has 0 saturated heterocycles. The highest BCUT2D eigenvalue weighted by Crippen LogP contribution is 2.22. The zero-order valence-electron chi connectivity index (χ0n) is 7.93. The fraction of sp³-hybridized carbons (Fsp3) is 0.273. The predicted molar refractivity (Wildman–Crippen MR) is 67.0 cm³/mol. The Morgan fingerprint density at radius 3 is 2.71 bits per heavy atom. The Hall–Kier alpha value is -0.300. The molecule has 0 saturated carbocycles. The van der Waals surface area contributed by atoms with E-state index in [1.165, 1.54) is 5.56 Å². The first kappa shape index (κ1) is 11.8. The molecule has 1 rings (SSSR count). The number of nitrogens with zero attached hydrogens (tertiary/aromatic N) is 1. The third kappa shape index (κ3) is 3.45. The second-order valence-corrected chi connectivity index (χ2v) is 4.88. The van der Waals surface area contributed by atoms with Crippen LogP contribution < -0.4 is 0 Å². The minimum atomic E-state index is 0.669. The normalized spacial score (nSPS) is 10.2. The molecular weight excluding hydrogens is 306 g/mol. The first-order valence-electron chi connectivity index (χ1n) is 4.19. The molecule has 0 aliphatic rings. The van der Waals surface area contributed by atoms with Crippen LogP contribution in [0.1, 0.15) is 5.56 Å². The molecule has 0 bridgehead atoms. The van der Waals surface area contributed by atoms with Gasteiger partial charge >= 0.3 is 0 Å². The maximum Gasteiger partial charge on any atom is 0.0599 e. The van der Waals surface area contributed by atoms with Crippen molar-refractivity contribution in [1.82, 2.24) is 4.90 Å². The van der Waals surface area contributed by atoms with E-state index < -0.39 is 0 Å². The molecule has 0 atom stereocenters. The summed E-state index contributed by atoms with van der Waals surface area (Å²) in [6.45, 7) is 1.53. The van der Waals surface area contributed by atoms with E-state index in [4.69, 9.17) is 6.42 Å². The first-order valence-corrected chi connectivity index (χ1v) is 5.78. The molecule has 0 spiro atoms. The van der Waals surface area contributed by atoms with Crippen LogP contribution in [-0.4, -0.2) is 18.5 Å². The van der Waals surface area contributed by atoms with Gasteiger partial charge in [0.25, 0.3) is 0 Å². The number of benzene rings is 1. The van der Waals surface area contributed by atoms with Gasteiger partial charge in [0.05, 0.1) is 6.54 Å². The molecule has 0 heterocycles. The maximum atomic E-state index is 5.23. The summed E-state index contributed by atoms with van der Waals surface area (Å²) >= 11 is 6.94. The Kier molecular flexibility index (Phi) is 4.67. The van der Waals surface area contributed by atoms with E-state index in [9.17, 15) is 0 Å². The summed E-state index contributed by atoms with van der Waals surface area (Å²) in [5, 5.41) is 0. The van der Waals surface area contributed by atoms with Crippen molar-refractivity contribution in [3.05, 3.63) is 32.7 Å². The van der Waals surface area contributed by atoms with Crippen LogP contribution in [0.15, 0.2) is 27.1 Å². The predicted octanol–water partition coefficient (Wildman–Crippen LogP) is 3.28. The van der Waals surface area contributed by atoms with Gasteiger partial charge < -0.3 is 0 Å². The largest absolute Gasteiger partial charge is 0.291 e. The zero-order valence-corrected chi connectivity index (χ0v) is 11.1. The van der Waals surface area contributed by atoms with E-state index in [2.05, 4.69) is 48.7 Å². The molecule has 1 nitrogen and oxygen atoms in total. The molecule has 0 N–H and O–H groups in total. The van der Waals surface area contributed by atoms with Crippen LogP contribution in [0.4, 0.5) is 0 Å². The number of hydrogen-bond acceptors (Lipinski definition) is 1. The molecule has 74 valence electrons. The lowest BCUT2D eigenvalue weighted by molar-refractivity contribution is 0.368. The lowest BCUT2D eigenvalue weighted by Crippen LogP contribution is -2.17. The van der Waals surface area contributed by atoms with Crippen molar-refractivity contribution in [1.29, 1.82) is 0 Å². The molecule has 0 aliphatic heterocycles. The molecule has 14 heavy (non-hydrogen) atoms. The van der Waals surface area contributed by atoms with Crippen molar-refractivity contribution >= 4 is 31.9 Å².